The summed E-state index contributed by atoms with van der Waals surface area (Å²) in [5, 5.41) is 12.0. The minimum Gasteiger partial charge on any atom is -0.330 e. The van der Waals surface area contributed by atoms with Crippen LogP contribution in [0.25, 0.3) is 10.2 Å². The molecule has 0 aliphatic carbocycles. The number of unbranched alkanes of at least 4 members (excludes halogenated alkanes) is 1. The number of likely N-dealkylation sites (tertiary alicyclic amines) is 1. The van der Waals surface area contributed by atoms with Gasteiger partial charge in [0, 0.05) is 6.54 Å². The molecule has 1 saturated heterocycles. The van der Waals surface area contributed by atoms with Crippen LogP contribution in [0.2, 0.25) is 0 Å². The Bertz CT molecular complexity index is 888. The number of para-hydroxylation sites is 1. The summed E-state index contributed by atoms with van der Waals surface area (Å²) >= 11 is 1.34. The number of fused-ring (bicyclic) bond motifs is 1. The Kier molecular flexibility index (Phi) is 7.33. The van der Waals surface area contributed by atoms with E-state index < -0.39 is 29.9 Å². The van der Waals surface area contributed by atoms with Crippen LogP contribution in [0.15, 0.2) is 24.3 Å². The number of alkyl halides is 1. The molecule has 0 saturated carbocycles. The number of benzene rings is 1. The van der Waals surface area contributed by atoms with Crippen molar-refractivity contribution in [1.29, 1.82) is 0 Å². The number of anilines is 1. The van der Waals surface area contributed by atoms with Crippen molar-refractivity contribution in [3.63, 3.8) is 0 Å². The number of halogens is 1. The predicted molar refractivity (Wildman–Crippen MR) is 111 cm³/mol. The molecule has 3 N–H and O–H groups in total. The van der Waals surface area contributed by atoms with Gasteiger partial charge in [0.15, 0.2) is 11.3 Å². The van der Waals surface area contributed by atoms with E-state index in [0.29, 0.717) is 30.9 Å². The second-order valence-electron chi connectivity index (χ2n) is 7.29. The van der Waals surface area contributed by atoms with E-state index in [1.807, 2.05) is 31.2 Å². The normalized spacial score (nSPS) is 18.2. The van der Waals surface area contributed by atoms with Crippen LogP contribution >= 0.6 is 11.3 Å². The Balaban J connectivity index is 1.74. The Morgan fingerprint density at radius 3 is 2.83 bits per heavy atom. The topological polar surface area (TPSA) is 112 Å². The van der Waals surface area contributed by atoms with Crippen molar-refractivity contribution in [2.45, 2.75) is 51.2 Å². The van der Waals surface area contributed by atoms with Crippen LogP contribution in [0.4, 0.5) is 9.52 Å². The summed E-state index contributed by atoms with van der Waals surface area (Å²) in [7, 11) is 0. The lowest BCUT2D eigenvalue weighted by Gasteiger charge is -2.29. The summed E-state index contributed by atoms with van der Waals surface area (Å²) in [6, 6.07) is 6.74. The molecule has 10 heteroatoms. The van der Waals surface area contributed by atoms with E-state index in [1.54, 1.807) is 0 Å². The summed E-state index contributed by atoms with van der Waals surface area (Å²) in [5.74, 6) is -3.45. The largest absolute Gasteiger partial charge is 0.330 e. The molecule has 1 fully saturated rings. The maximum Gasteiger partial charge on any atom is 0.278 e. The first-order valence-corrected chi connectivity index (χ1v) is 10.8. The van der Waals surface area contributed by atoms with E-state index in [9.17, 15) is 18.8 Å². The molecule has 1 aliphatic heterocycles. The smallest absolute Gasteiger partial charge is 0.278 e. The molecule has 3 amide bonds. The van der Waals surface area contributed by atoms with Crippen molar-refractivity contribution < 1.29 is 24.0 Å². The molecule has 2 unspecified atom stereocenters. The maximum atomic E-state index is 14.6. The van der Waals surface area contributed by atoms with E-state index >= 15 is 0 Å². The fraction of sp³-hybridized carbons (Fsp3) is 0.500. The Morgan fingerprint density at radius 1 is 1.37 bits per heavy atom. The van der Waals surface area contributed by atoms with Crippen LogP contribution in [-0.2, 0) is 14.4 Å². The molecule has 2 aromatic rings. The Morgan fingerprint density at radius 2 is 2.13 bits per heavy atom. The highest BCUT2D eigenvalue weighted by atomic mass is 32.1. The number of aromatic nitrogens is 1. The van der Waals surface area contributed by atoms with Crippen molar-refractivity contribution >= 4 is 44.4 Å². The van der Waals surface area contributed by atoms with Crippen molar-refractivity contribution in [3.05, 3.63) is 24.3 Å². The molecular weight excluding hydrogens is 411 g/mol. The van der Waals surface area contributed by atoms with Crippen molar-refractivity contribution in [2.75, 3.05) is 11.9 Å². The van der Waals surface area contributed by atoms with Gasteiger partial charge in [-0.3, -0.25) is 19.6 Å². The number of nitrogens with one attached hydrogen (secondary N) is 2. The van der Waals surface area contributed by atoms with Crippen LogP contribution in [0.5, 0.6) is 0 Å². The summed E-state index contributed by atoms with van der Waals surface area (Å²) in [6.45, 7) is 2.21. The van der Waals surface area contributed by atoms with Gasteiger partial charge in [-0.25, -0.2) is 14.9 Å². The van der Waals surface area contributed by atoms with Crippen LogP contribution in [0.1, 0.15) is 39.0 Å². The molecule has 1 aliphatic rings. The number of hydrogen-bond donors (Lipinski definition) is 3. The number of nitrogens with zero attached hydrogens (tertiary/aromatic N) is 2. The number of amides is 3. The Hall–Kier alpha value is -2.59. The summed E-state index contributed by atoms with van der Waals surface area (Å²) in [6.07, 6.45) is 0.305. The molecule has 2 heterocycles. The number of thiazole rings is 1. The number of rotatable bonds is 8. The SMILES string of the molecule is CCCCC(C(=O)N1CCC[C@H]1C(=O)Nc1nc2ccccc2s1)C(F)C(=O)NO. The fourth-order valence-corrected chi connectivity index (χ4v) is 4.56. The van der Waals surface area contributed by atoms with Gasteiger partial charge in [0.1, 0.15) is 6.04 Å². The van der Waals surface area contributed by atoms with Gasteiger partial charge in [0.2, 0.25) is 11.8 Å². The first-order chi connectivity index (χ1) is 14.5. The van der Waals surface area contributed by atoms with E-state index in [-0.39, 0.29) is 12.3 Å². The average Bonchev–Trinajstić information content (AvgIpc) is 3.39. The van der Waals surface area contributed by atoms with Crippen LogP contribution < -0.4 is 10.8 Å². The van der Waals surface area contributed by atoms with Gasteiger partial charge in [-0.2, -0.15) is 0 Å². The third-order valence-corrected chi connectivity index (χ3v) is 6.21. The van der Waals surface area contributed by atoms with Gasteiger partial charge in [-0.1, -0.05) is 43.2 Å². The number of hydroxylamine groups is 1. The van der Waals surface area contributed by atoms with Crippen molar-refractivity contribution in [3.8, 4) is 0 Å². The van der Waals surface area contributed by atoms with Gasteiger partial charge in [0.25, 0.3) is 5.91 Å². The molecule has 30 heavy (non-hydrogen) atoms. The molecule has 8 nitrogen and oxygen atoms in total. The molecule has 3 atom stereocenters. The zero-order valence-electron chi connectivity index (χ0n) is 16.6. The molecule has 0 spiro atoms. The molecule has 0 bridgehead atoms. The van der Waals surface area contributed by atoms with Gasteiger partial charge >= 0.3 is 0 Å². The zero-order chi connectivity index (χ0) is 21.7. The van der Waals surface area contributed by atoms with Gasteiger partial charge < -0.3 is 10.2 Å². The highest BCUT2D eigenvalue weighted by Gasteiger charge is 2.41. The molecule has 0 radical (unpaired) electrons. The summed E-state index contributed by atoms with van der Waals surface area (Å²) in [4.78, 5) is 43.2. The lowest BCUT2D eigenvalue weighted by atomic mass is 9.94. The lowest BCUT2D eigenvalue weighted by Crippen LogP contribution is -2.49. The highest BCUT2D eigenvalue weighted by Crippen LogP contribution is 2.29. The van der Waals surface area contributed by atoms with Crippen LogP contribution in [-0.4, -0.2) is 51.6 Å². The van der Waals surface area contributed by atoms with E-state index in [4.69, 9.17) is 5.21 Å². The first-order valence-electron chi connectivity index (χ1n) is 10.0. The number of carbonyl (C=O) groups is 3. The minimum atomic E-state index is -2.18. The van der Waals surface area contributed by atoms with Gasteiger partial charge in [0.05, 0.1) is 16.1 Å². The zero-order valence-corrected chi connectivity index (χ0v) is 17.5. The molecular formula is C20H25FN4O4S. The predicted octanol–water partition coefficient (Wildman–Crippen LogP) is 2.88. The molecule has 1 aromatic carbocycles. The third-order valence-electron chi connectivity index (χ3n) is 5.26. The van der Waals surface area contributed by atoms with Crippen LogP contribution in [0.3, 0.4) is 0 Å². The standard InChI is InChI=1S/C20H25FN4O4S/c1-2-3-7-12(16(21)18(27)24-29)19(28)25-11-6-9-14(25)17(26)23-20-22-13-8-4-5-10-15(13)30-20/h4-5,8,10,12,14,16,29H,2-3,6-7,9,11H2,1H3,(H,24,27)(H,22,23,26)/t12?,14-,16?/m0/s1. The average molecular weight is 437 g/mol. The number of hydrogen-bond acceptors (Lipinski definition) is 6. The van der Waals surface area contributed by atoms with E-state index in [2.05, 4.69) is 10.3 Å². The number of carbonyl (C=O) groups excluding carboxylic acids is 3. The molecule has 1 aromatic heterocycles. The fourth-order valence-electron chi connectivity index (χ4n) is 3.69. The third kappa shape index (κ3) is 4.76. The summed E-state index contributed by atoms with van der Waals surface area (Å²) in [5.41, 5.74) is 2.05. The quantitative estimate of drug-likeness (QED) is 0.435. The molecule has 162 valence electrons. The monoisotopic (exact) mass is 436 g/mol. The summed E-state index contributed by atoms with van der Waals surface area (Å²) < 4.78 is 15.5. The first kappa shape index (κ1) is 22.1. The van der Waals surface area contributed by atoms with Gasteiger partial charge in [-0.05, 0) is 31.4 Å². The second kappa shape index (κ2) is 9.94. The lowest BCUT2D eigenvalue weighted by molar-refractivity contribution is -0.148. The van der Waals surface area contributed by atoms with E-state index in [0.717, 1.165) is 16.6 Å². The van der Waals surface area contributed by atoms with Crippen molar-refractivity contribution in [1.82, 2.24) is 15.4 Å². The molecule has 3 rings (SSSR count). The maximum absolute atomic E-state index is 14.6. The van der Waals surface area contributed by atoms with Gasteiger partial charge in [-0.15, -0.1) is 0 Å². The van der Waals surface area contributed by atoms with E-state index in [1.165, 1.54) is 21.7 Å². The Labute approximate surface area is 177 Å². The minimum absolute atomic E-state index is 0.159. The van der Waals surface area contributed by atoms with Crippen LogP contribution in [0, 0.1) is 5.92 Å². The highest BCUT2D eigenvalue weighted by molar-refractivity contribution is 7.22. The van der Waals surface area contributed by atoms with Crippen molar-refractivity contribution in [2.24, 2.45) is 5.92 Å². The second-order valence-corrected chi connectivity index (χ2v) is 8.32.